The van der Waals surface area contributed by atoms with Crippen LogP contribution in [-0.4, -0.2) is 62.7 Å². The third-order valence-electron chi connectivity index (χ3n) is 8.90. The fourth-order valence-electron chi connectivity index (χ4n) is 5.83. The summed E-state index contributed by atoms with van der Waals surface area (Å²) in [6.07, 6.45) is 1.46. The van der Waals surface area contributed by atoms with Crippen LogP contribution in [0.25, 0.3) is 10.8 Å². The normalized spacial score (nSPS) is 11.8. The number of carbonyl (C=O) groups excluding carboxylic acids is 3. The van der Waals surface area contributed by atoms with Crippen molar-refractivity contribution in [2.24, 2.45) is 5.10 Å². The first-order valence-electron chi connectivity index (χ1n) is 19.3. The summed E-state index contributed by atoms with van der Waals surface area (Å²) < 4.78 is 24.5. The number of amides is 2. The number of phenols is 1. The molecule has 1 aliphatic heterocycles. The Bertz CT molecular complexity index is 2460. The van der Waals surface area contributed by atoms with Crippen LogP contribution in [0.2, 0.25) is 0 Å². The van der Waals surface area contributed by atoms with Crippen molar-refractivity contribution in [2.75, 3.05) is 46.8 Å². The molecule has 0 saturated heterocycles. The lowest BCUT2D eigenvalue weighted by atomic mass is 10.1. The van der Waals surface area contributed by atoms with E-state index in [0.717, 1.165) is 51.9 Å². The number of likely N-dealkylation sites (N-methyl/N-ethyl adjacent to an activating group) is 1. The highest BCUT2D eigenvalue weighted by atomic mass is 32.2. The molecule has 13 heteroatoms. The molecule has 12 nitrogen and oxygen atoms in total. The topological polar surface area (TPSA) is 174 Å². The minimum absolute atomic E-state index is 0.0451. The largest absolute Gasteiger partial charge is 0.507 e. The van der Waals surface area contributed by atoms with Gasteiger partial charge in [-0.15, -0.1) is 0 Å². The predicted octanol–water partition coefficient (Wildman–Crippen LogP) is 8.20. The molecule has 312 valence electrons. The highest BCUT2D eigenvalue weighted by Gasteiger charge is 2.22. The number of nitrogen functional groups attached to an aromatic ring is 1. The zero-order chi connectivity index (χ0) is 43.5. The van der Waals surface area contributed by atoms with Gasteiger partial charge in [-0.25, -0.2) is 18.1 Å². The molecule has 1 aliphatic rings. The second-order valence-corrected chi connectivity index (χ2v) is 15.6. The fourth-order valence-corrected chi connectivity index (χ4v) is 6.29. The average molecular weight is 829 g/mol. The number of hydrazone groups is 1. The molecule has 0 fully saturated rings. The van der Waals surface area contributed by atoms with Crippen LogP contribution in [0.1, 0.15) is 42.6 Å². The predicted molar refractivity (Wildman–Crippen MR) is 244 cm³/mol. The van der Waals surface area contributed by atoms with Gasteiger partial charge in [0.1, 0.15) is 5.75 Å². The molecule has 0 spiro atoms. The maximum absolute atomic E-state index is 11.8. The molecule has 0 saturated carbocycles. The van der Waals surface area contributed by atoms with Crippen molar-refractivity contribution >= 4 is 66.9 Å². The second-order valence-electron chi connectivity index (χ2n) is 13.7. The van der Waals surface area contributed by atoms with Crippen LogP contribution in [0, 0.1) is 6.92 Å². The Balaban J connectivity index is 0.000000179. The Morgan fingerprint density at radius 1 is 0.817 bits per heavy atom. The molecule has 0 unspecified atom stereocenters. The van der Waals surface area contributed by atoms with Gasteiger partial charge in [0.05, 0.1) is 24.8 Å². The highest BCUT2D eigenvalue weighted by molar-refractivity contribution is 7.88. The summed E-state index contributed by atoms with van der Waals surface area (Å²) in [6.45, 7) is 7.70. The molecule has 6 aromatic rings. The van der Waals surface area contributed by atoms with Crippen molar-refractivity contribution in [3.05, 3.63) is 163 Å². The minimum atomic E-state index is -3.12. The Kier molecular flexibility index (Phi) is 17.5. The van der Waals surface area contributed by atoms with Gasteiger partial charge >= 0.3 is 0 Å². The lowest BCUT2D eigenvalue weighted by Gasteiger charge is -2.23. The van der Waals surface area contributed by atoms with E-state index < -0.39 is 10.0 Å². The molecule has 6 aromatic carbocycles. The van der Waals surface area contributed by atoms with Gasteiger partial charge in [-0.2, -0.15) is 5.10 Å². The van der Waals surface area contributed by atoms with Gasteiger partial charge in [0.15, 0.2) is 5.78 Å². The van der Waals surface area contributed by atoms with Crippen molar-refractivity contribution in [3.8, 4) is 5.75 Å². The standard InChI is InChI=1S/C15H13NO2.C12H21N3O2S.C10H10N2O.C10H8O/c17-14(12-7-3-1-4-8-12)11-15(18)16-13-9-5-2-6-10-13;1-4-15(8-7-14-18(3,16)17)11-5-6-12(13)10(2)9-11;1-8-7-10(13)12(11-8)9-5-3-2-4-6-9;11-10-7-3-5-8-4-1-2-6-9(8)10/h1-10H,11H2,(H,16,18);5-6,9,14H,4,7-8,13H2,1-3H3;2-6H,7H2,1H3;1-7,11H. The van der Waals surface area contributed by atoms with Crippen LogP contribution < -0.4 is 25.7 Å². The van der Waals surface area contributed by atoms with Gasteiger partial charge < -0.3 is 21.1 Å². The Hall–Kier alpha value is -6.83. The van der Waals surface area contributed by atoms with E-state index in [2.05, 4.69) is 20.0 Å². The number of nitrogens with one attached hydrogen (secondary N) is 2. The number of nitrogens with zero attached hydrogens (tertiary/aromatic N) is 3. The van der Waals surface area contributed by atoms with E-state index in [4.69, 9.17) is 5.73 Å². The first-order valence-corrected chi connectivity index (χ1v) is 21.2. The number of carbonyl (C=O) groups is 3. The number of aryl methyl sites for hydroxylation is 1. The SMILES string of the molecule is CC1=NN(c2ccccc2)C(=O)C1.CCN(CCNS(C)(=O)=O)c1ccc(N)c(C)c1.O=C(CC(=O)c1ccccc1)Nc1ccccc1.Oc1cccc2ccccc12. The molecule has 0 aliphatic carbocycles. The number of ketones is 1. The third kappa shape index (κ3) is 15.2. The number of anilines is 4. The maximum Gasteiger partial charge on any atom is 0.253 e. The highest BCUT2D eigenvalue weighted by Crippen LogP contribution is 2.23. The van der Waals surface area contributed by atoms with E-state index >= 15 is 0 Å². The van der Waals surface area contributed by atoms with Crippen molar-refractivity contribution < 1.29 is 27.9 Å². The fraction of sp³-hybridized carbons (Fsp3) is 0.191. The molecular weight excluding hydrogens is 777 g/mol. The van der Waals surface area contributed by atoms with Crippen LogP contribution >= 0.6 is 0 Å². The van der Waals surface area contributed by atoms with E-state index in [1.165, 1.54) is 5.01 Å². The molecule has 0 aromatic heterocycles. The molecule has 2 amide bonds. The summed E-state index contributed by atoms with van der Waals surface area (Å²) in [5.41, 5.74) is 11.6. The number of para-hydroxylation sites is 2. The van der Waals surface area contributed by atoms with Gasteiger partial charge in [-0.1, -0.05) is 103 Å². The second kappa shape index (κ2) is 22.9. The van der Waals surface area contributed by atoms with Gasteiger partial charge in [-0.05, 0) is 80.3 Å². The van der Waals surface area contributed by atoms with Gasteiger partial charge in [0.2, 0.25) is 15.9 Å². The van der Waals surface area contributed by atoms with Crippen molar-refractivity contribution in [3.63, 3.8) is 0 Å². The number of benzene rings is 6. The summed E-state index contributed by atoms with van der Waals surface area (Å²) in [6, 6.07) is 46.5. The zero-order valence-corrected chi connectivity index (χ0v) is 35.1. The van der Waals surface area contributed by atoms with Crippen molar-refractivity contribution in [2.45, 2.75) is 33.6 Å². The Labute approximate surface area is 352 Å². The van der Waals surface area contributed by atoms with E-state index in [1.807, 2.05) is 130 Å². The molecule has 0 atom stereocenters. The molecule has 60 heavy (non-hydrogen) atoms. The number of fused-ring (bicyclic) bond motifs is 1. The number of sulfonamides is 1. The average Bonchev–Trinajstić information content (AvgIpc) is 3.59. The summed E-state index contributed by atoms with van der Waals surface area (Å²) in [5, 5.41) is 19.6. The summed E-state index contributed by atoms with van der Waals surface area (Å²) in [5.74, 6) is -0.0779. The third-order valence-corrected chi connectivity index (χ3v) is 9.63. The summed E-state index contributed by atoms with van der Waals surface area (Å²) in [7, 11) is -3.12. The molecule has 0 radical (unpaired) electrons. The Morgan fingerprint density at radius 2 is 1.42 bits per heavy atom. The van der Waals surface area contributed by atoms with E-state index in [1.54, 1.807) is 42.5 Å². The molecule has 5 N–H and O–H groups in total. The number of rotatable bonds is 11. The van der Waals surface area contributed by atoms with Gasteiger partial charge in [0.25, 0.3) is 5.91 Å². The zero-order valence-electron chi connectivity index (χ0n) is 34.3. The van der Waals surface area contributed by atoms with Crippen LogP contribution in [0.15, 0.2) is 157 Å². The first kappa shape index (κ1) is 45.9. The number of Topliss-reactive ketones (excluding diaryl/α,β-unsaturated/α-hetero) is 1. The quantitative estimate of drug-likeness (QED) is 0.0575. The van der Waals surface area contributed by atoms with Crippen LogP contribution in [0.4, 0.5) is 22.7 Å². The molecular formula is C47H52N6O6S. The Morgan fingerprint density at radius 3 is 2.00 bits per heavy atom. The number of phenolic OH excluding ortho intramolecular Hbond substituents is 1. The summed E-state index contributed by atoms with van der Waals surface area (Å²) >= 11 is 0. The number of nitrogens with two attached hydrogens (primary N) is 1. The van der Waals surface area contributed by atoms with Gasteiger partial charge in [-0.3, -0.25) is 14.4 Å². The minimum Gasteiger partial charge on any atom is -0.507 e. The molecule has 7 rings (SSSR count). The van der Waals surface area contributed by atoms with E-state index in [0.29, 0.717) is 36.5 Å². The lowest BCUT2D eigenvalue weighted by molar-refractivity contribution is -0.117. The van der Waals surface area contributed by atoms with Crippen molar-refractivity contribution in [1.82, 2.24) is 4.72 Å². The molecule has 1 heterocycles. The first-order chi connectivity index (χ1) is 28.7. The number of hydrogen-bond donors (Lipinski definition) is 4. The van der Waals surface area contributed by atoms with Gasteiger partial charge in [0, 0.05) is 53.4 Å². The van der Waals surface area contributed by atoms with Crippen LogP contribution in [-0.2, 0) is 19.6 Å². The monoisotopic (exact) mass is 828 g/mol. The summed E-state index contributed by atoms with van der Waals surface area (Å²) in [4.78, 5) is 36.9. The molecule has 0 bridgehead atoms. The van der Waals surface area contributed by atoms with E-state index in [-0.39, 0.29) is 24.0 Å². The van der Waals surface area contributed by atoms with Crippen LogP contribution in [0.3, 0.4) is 0 Å². The lowest BCUT2D eigenvalue weighted by Crippen LogP contribution is -2.34. The smallest absolute Gasteiger partial charge is 0.253 e. The number of aromatic hydroxyl groups is 1. The number of hydrogen-bond acceptors (Lipinski definition) is 9. The maximum atomic E-state index is 11.8. The van der Waals surface area contributed by atoms with Crippen molar-refractivity contribution in [1.29, 1.82) is 0 Å². The van der Waals surface area contributed by atoms with E-state index in [9.17, 15) is 27.9 Å². The van der Waals surface area contributed by atoms with Crippen LogP contribution in [0.5, 0.6) is 5.75 Å².